The van der Waals surface area contributed by atoms with E-state index in [1.807, 2.05) is 17.0 Å². The van der Waals surface area contributed by atoms with Gasteiger partial charge in [-0.25, -0.2) is 0 Å². The minimum absolute atomic E-state index is 0.0235. The van der Waals surface area contributed by atoms with Crippen LogP contribution in [0, 0.1) is 0 Å². The predicted molar refractivity (Wildman–Crippen MR) is 123 cm³/mol. The van der Waals surface area contributed by atoms with E-state index in [4.69, 9.17) is 4.74 Å². The zero-order valence-corrected chi connectivity index (χ0v) is 19.0. The standard InChI is InChI=1S/C24H31N3O3S/c1-25-13-14-30-19(15-25)22-18-9-5-6-10-20(18)31-23(22)24(29)26-11-12-27(21(28)16-26)17-7-3-2-4-8-17/h5-6,9-10,17,19H,2-4,7-8,11-16H2,1H3/t19-/m0/s1. The lowest BCUT2D eigenvalue weighted by Gasteiger charge is -2.40. The van der Waals surface area contributed by atoms with Gasteiger partial charge < -0.3 is 19.4 Å². The molecule has 1 aliphatic carbocycles. The van der Waals surface area contributed by atoms with Crippen molar-refractivity contribution >= 4 is 33.2 Å². The molecule has 1 saturated carbocycles. The summed E-state index contributed by atoms with van der Waals surface area (Å²) in [4.78, 5) is 33.4. The molecule has 2 aromatic rings. The van der Waals surface area contributed by atoms with Crippen LogP contribution in [-0.4, -0.2) is 78.9 Å². The van der Waals surface area contributed by atoms with Crippen LogP contribution in [0.25, 0.3) is 10.1 Å². The number of piperazine rings is 1. The number of hydrogen-bond acceptors (Lipinski definition) is 5. The SMILES string of the molecule is CN1CCO[C@H](c2c(C(=O)N3CCN(C4CCCCC4)C(=O)C3)sc3ccccc23)C1. The molecule has 7 heteroatoms. The molecule has 3 aliphatic rings. The van der Waals surface area contributed by atoms with Gasteiger partial charge in [-0.1, -0.05) is 37.5 Å². The van der Waals surface area contributed by atoms with E-state index in [-0.39, 0.29) is 24.5 Å². The first-order chi connectivity index (χ1) is 15.1. The van der Waals surface area contributed by atoms with Crippen molar-refractivity contribution in [1.82, 2.24) is 14.7 Å². The lowest BCUT2D eigenvalue weighted by Crippen LogP contribution is -2.55. The van der Waals surface area contributed by atoms with E-state index in [0.29, 0.717) is 25.7 Å². The molecule has 0 radical (unpaired) electrons. The van der Waals surface area contributed by atoms with Crippen LogP contribution in [0.4, 0.5) is 0 Å². The number of likely N-dealkylation sites (N-methyl/N-ethyl adjacent to an activating group) is 1. The smallest absolute Gasteiger partial charge is 0.264 e. The van der Waals surface area contributed by atoms with Gasteiger partial charge in [0.2, 0.25) is 5.91 Å². The van der Waals surface area contributed by atoms with Crippen LogP contribution in [0.3, 0.4) is 0 Å². The Bertz CT molecular complexity index is 968. The maximum atomic E-state index is 13.6. The molecular weight excluding hydrogens is 410 g/mol. The summed E-state index contributed by atoms with van der Waals surface area (Å²) in [6.07, 6.45) is 5.78. The summed E-state index contributed by atoms with van der Waals surface area (Å²) in [7, 11) is 2.09. The summed E-state index contributed by atoms with van der Waals surface area (Å²) in [5.74, 6) is 0.0764. The molecule has 2 saturated heterocycles. The van der Waals surface area contributed by atoms with Crippen molar-refractivity contribution in [3.63, 3.8) is 0 Å². The first-order valence-corrected chi connectivity index (χ1v) is 12.3. The maximum Gasteiger partial charge on any atom is 0.264 e. The molecule has 2 amide bonds. The van der Waals surface area contributed by atoms with E-state index in [1.165, 1.54) is 30.6 Å². The molecule has 1 atom stereocenters. The second-order valence-corrected chi connectivity index (χ2v) is 10.1. The Kier molecular flexibility index (Phi) is 5.99. The fourth-order valence-corrected chi connectivity index (χ4v) is 6.50. The Morgan fingerprint density at radius 3 is 2.68 bits per heavy atom. The van der Waals surface area contributed by atoms with Crippen molar-refractivity contribution in [1.29, 1.82) is 0 Å². The number of benzene rings is 1. The van der Waals surface area contributed by atoms with Crippen molar-refractivity contribution in [3.05, 3.63) is 34.7 Å². The number of amides is 2. The number of fused-ring (bicyclic) bond motifs is 1. The number of hydrogen-bond donors (Lipinski definition) is 0. The number of carbonyl (C=O) groups excluding carboxylic acids is 2. The molecule has 0 N–H and O–H groups in total. The van der Waals surface area contributed by atoms with Gasteiger partial charge in [0.15, 0.2) is 0 Å². The highest BCUT2D eigenvalue weighted by Gasteiger charge is 2.35. The first-order valence-electron chi connectivity index (χ1n) is 11.5. The maximum absolute atomic E-state index is 13.6. The van der Waals surface area contributed by atoms with Crippen molar-refractivity contribution in [2.45, 2.75) is 44.2 Å². The molecule has 1 aromatic carbocycles. The molecule has 1 aromatic heterocycles. The van der Waals surface area contributed by atoms with Crippen molar-refractivity contribution < 1.29 is 14.3 Å². The van der Waals surface area contributed by atoms with E-state index < -0.39 is 0 Å². The molecule has 31 heavy (non-hydrogen) atoms. The van der Waals surface area contributed by atoms with Crippen LogP contribution < -0.4 is 0 Å². The Labute approximate surface area is 187 Å². The Balaban J connectivity index is 1.40. The van der Waals surface area contributed by atoms with E-state index >= 15 is 0 Å². The summed E-state index contributed by atoms with van der Waals surface area (Å²) >= 11 is 1.54. The topological polar surface area (TPSA) is 53.1 Å². The summed E-state index contributed by atoms with van der Waals surface area (Å²) in [6.45, 7) is 3.79. The summed E-state index contributed by atoms with van der Waals surface area (Å²) in [6, 6.07) is 8.55. The van der Waals surface area contributed by atoms with Crippen LogP contribution in [0.15, 0.2) is 24.3 Å². The van der Waals surface area contributed by atoms with Gasteiger partial charge in [0.05, 0.1) is 17.6 Å². The van der Waals surface area contributed by atoms with E-state index in [1.54, 1.807) is 4.90 Å². The van der Waals surface area contributed by atoms with Crippen molar-refractivity contribution in [2.24, 2.45) is 0 Å². The molecule has 3 fully saturated rings. The Morgan fingerprint density at radius 2 is 1.90 bits per heavy atom. The fraction of sp³-hybridized carbons (Fsp3) is 0.583. The number of morpholine rings is 1. The lowest BCUT2D eigenvalue weighted by atomic mass is 9.93. The monoisotopic (exact) mass is 441 g/mol. The molecule has 0 unspecified atom stereocenters. The minimum Gasteiger partial charge on any atom is -0.371 e. The molecule has 0 bridgehead atoms. The highest BCUT2D eigenvalue weighted by molar-refractivity contribution is 7.21. The zero-order valence-electron chi connectivity index (χ0n) is 18.2. The zero-order chi connectivity index (χ0) is 21.4. The molecule has 6 nitrogen and oxygen atoms in total. The van der Waals surface area contributed by atoms with Crippen LogP contribution in [-0.2, 0) is 9.53 Å². The molecule has 166 valence electrons. The van der Waals surface area contributed by atoms with Gasteiger partial charge in [0.1, 0.15) is 6.54 Å². The number of carbonyl (C=O) groups is 2. The van der Waals surface area contributed by atoms with Gasteiger partial charge in [-0.2, -0.15) is 0 Å². The third-order valence-electron chi connectivity index (χ3n) is 6.98. The van der Waals surface area contributed by atoms with Crippen LogP contribution >= 0.6 is 11.3 Å². The first kappa shape index (κ1) is 20.9. The summed E-state index contributed by atoms with van der Waals surface area (Å²) in [5.41, 5.74) is 0.999. The quantitative estimate of drug-likeness (QED) is 0.731. The largest absolute Gasteiger partial charge is 0.371 e. The van der Waals surface area contributed by atoms with Crippen LogP contribution in [0.1, 0.15) is 53.4 Å². The van der Waals surface area contributed by atoms with E-state index in [2.05, 4.69) is 24.1 Å². The normalized spacial score (nSPS) is 24.2. The average Bonchev–Trinajstić information content (AvgIpc) is 3.19. The Hall–Kier alpha value is -1.96. The molecular formula is C24H31N3O3S. The van der Waals surface area contributed by atoms with Crippen molar-refractivity contribution in [3.8, 4) is 0 Å². The van der Waals surface area contributed by atoms with Gasteiger partial charge in [-0.3, -0.25) is 9.59 Å². The lowest BCUT2D eigenvalue weighted by molar-refractivity contribution is -0.138. The van der Waals surface area contributed by atoms with Crippen LogP contribution in [0.2, 0.25) is 0 Å². The van der Waals surface area contributed by atoms with Gasteiger partial charge in [0, 0.05) is 42.5 Å². The number of thiophene rings is 1. The Morgan fingerprint density at radius 1 is 1.10 bits per heavy atom. The van der Waals surface area contributed by atoms with Gasteiger partial charge in [-0.05, 0) is 31.3 Å². The summed E-state index contributed by atoms with van der Waals surface area (Å²) < 4.78 is 7.22. The number of ether oxygens (including phenoxy) is 1. The number of nitrogens with zero attached hydrogens (tertiary/aromatic N) is 3. The fourth-order valence-electron chi connectivity index (χ4n) is 5.28. The highest BCUT2D eigenvalue weighted by atomic mass is 32.1. The van der Waals surface area contributed by atoms with Gasteiger partial charge in [-0.15, -0.1) is 11.3 Å². The molecule has 5 rings (SSSR count). The van der Waals surface area contributed by atoms with Crippen molar-refractivity contribution in [2.75, 3.05) is 46.4 Å². The third-order valence-corrected chi connectivity index (χ3v) is 8.15. The second kappa shape index (κ2) is 8.88. The molecule has 0 spiro atoms. The molecule has 3 heterocycles. The van der Waals surface area contributed by atoms with E-state index in [9.17, 15) is 9.59 Å². The van der Waals surface area contributed by atoms with E-state index in [0.717, 1.165) is 46.5 Å². The number of rotatable bonds is 3. The second-order valence-electron chi connectivity index (χ2n) is 9.07. The average molecular weight is 442 g/mol. The van der Waals surface area contributed by atoms with Gasteiger partial charge in [0.25, 0.3) is 5.91 Å². The minimum atomic E-state index is -0.118. The highest BCUT2D eigenvalue weighted by Crippen LogP contribution is 2.39. The molecule has 2 aliphatic heterocycles. The van der Waals surface area contributed by atoms with Crippen LogP contribution in [0.5, 0.6) is 0 Å². The third kappa shape index (κ3) is 4.11. The predicted octanol–water partition coefficient (Wildman–Crippen LogP) is 3.52. The van der Waals surface area contributed by atoms with Gasteiger partial charge >= 0.3 is 0 Å². The summed E-state index contributed by atoms with van der Waals surface area (Å²) in [5, 5.41) is 1.10.